The standard InChI is InChI=1S/C12H16F3NO3/c1-16-5-4-10(18)11(19)8-6-7(12(13,14)15)2-3-9(8)17/h2-3,6,10-11,16-19H,4-5H2,1H3. The van der Waals surface area contributed by atoms with Crippen molar-refractivity contribution in [3.63, 3.8) is 0 Å². The summed E-state index contributed by atoms with van der Waals surface area (Å²) in [5, 5.41) is 31.7. The van der Waals surface area contributed by atoms with E-state index in [1.807, 2.05) is 0 Å². The van der Waals surface area contributed by atoms with Gasteiger partial charge >= 0.3 is 6.18 Å². The van der Waals surface area contributed by atoms with Crippen molar-refractivity contribution < 1.29 is 28.5 Å². The third kappa shape index (κ3) is 4.09. The molecule has 108 valence electrons. The number of halogens is 3. The van der Waals surface area contributed by atoms with E-state index in [1.165, 1.54) is 0 Å². The molecule has 4 N–H and O–H groups in total. The van der Waals surface area contributed by atoms with Crippen molar-refractivity contribution in [1.82, 2.24) is 5.32 Å². The zero-order chi connectivity index (χ0) is 14.6. The lowest BCUT2D eigenvalue weighted by atomic mass is 9.99. The molecule has 0 amide bonds. The Hall–Kier alpha value is -1.31. The van der Waals surface area contributed by atoms with Crippen LogP contribution in [0.25, 0.3) is 0 Å². The maximum atomic E-state index is 12.5. The van der Waals surface area contributed by atoms with Gasteiger partial charge in [0.15, 0.2) is 0 Å². The smallest absolute Gasteiger partial charge is 0.416 e. The molecule has 1 rings (SSSR count). The Bertz CT molecular complexity index is 423. The number of alkyl halides is 3. The predicted octanol–water partition coefficient (Wildman–Crippen LogP) is 1.41. The summed E-state index contributed by atoms with van der Waals surface area (Å²) in [5.41, 5.74) is -1.32. The van der Waals surface area contributed by atoms with Gasteiger partial charge in [0.05, 0.1) is 11.7 Å². The molecule has 0 radical (unpaired) electrons. The molecule has 0 aliphatic rings. The molecule has 4 nitrogen and oxygen atoms in total. The Balaban J connectivity index is 2.98. The SMILES string of the molecule is CNCCC(O)C(O)c1cc(C(F)(F)F)ccc1O. The Morgan fingerprint density at radius 2 is 1.89 bits per heavy atom. The van der Waals surface area contributed by atoms with Gasteiger partial charge in [0.2, 0.25) is 0 Å². The average Bonchev–Trinajstić information content (AvgIpc) is 2.34. The number of aliphatic hydroxyl groups excluding tert-OH is 2. The molecule has 0 aliphatic heterocycles. The molecule has 0 heterocycles. The Morgan fingerprint density at radius 3 is 2.42 bits per heavy atom. The molecule has 1 aromatic carbocycles. The topological polar surface area (TPSA) is 72.7 Å². The van der Waals surface area contributed by atoms with Gasteiger partial charge < -0.3 is 20.6 Å². The zero-order valence-electron chi connectivity index (χ0n) is 10.3. The van der Waals surface area contributed by atoms with Gasteiger partial charge in [-0.1, -0.05) is 0 Å². The second-order valence-corrected chi connectivity index (χ2v) is 4.18. The first-order valence-corrected chi connectivity index (χ1v) is 5.68. The number of aliphatic hydroxyl groups is 2. The van der Waals surface area contributed by atoms with Crippen molar-refractivity contribution in [3.8, 4) is 5.75 Å². The van der Waals surface area contributed by atoms with E-state index >= 15 is 0 Å². The van der Waals surface area contributed by atoms with Crippen LogP contribution in [0.4, 0.5) is 13.2 Å². The molecule has 0 aromatic heterocycles. The van der Waals surface area contributed by atoms with Gasteiger partial charge in [-0.15, -0.1) is 0 Å². The van der Waals surface area contributed by atoms with Crippen molar-refractivity contribution >= 4 is 0 Å². The number of aromatic hydroxyl groups is 1. The number of hydrogen-bond acceptors (Lipinski definition) is 4. The third-order valence-corrected chi connectivity index (χ3v) is 2.73. The number of phenolic OH excluding ortho intramolecular Hbond substituents is 1. The maximum Gasteiger partial charge on any atom is 0.416 e. The van der Waals surface area contributed by atoms with Gasteiger partial charge in [0.1, 0.15) is 11.9 Å². The van der Waals surface area contributed by atoms with E-state index in [0.717, 1.165) is 6.07 Å². The van der Waals surface area contributed by atoms with Crippen molar-refractivity contribution in [1.29, 1.82) is 0 Å². The second-order valence-electron chi connectivity index (χ2n) is 4.18. The average molecular weight is 279 g/mol. The van der Waals surface area contributed by atoms with E-state index in [2.05, 4.69) is 5.32 Å². The minimum Gasteiger partial charge on any atom is -0.508 e. The normalized spacial score (nSPS) is 15.3. The quantitative estimate of drug-likeness (QED) is 0.657. The fourth-order valence-corrected chi connectivity index (χ4v) is 1.63. The Morgan fingerprint density at radius 1 is 1.26 bits per heavy atom. The van der Waals surface area contributed by atoms with Gasteiger partial charge in [-0.3, -0.25) is 0 Å². The van der Waals surface area contributed by atoms with Crippen LogP contribution in [0.5, 0.6) is 5.75 Å². The van der Waals surface area contributed by atoms with Gasteiger partial charge in [-0.25, -0.2) is 0 Å². The third-order valence-electron chi connectivity index (χ3n) is 2.73. The minimum absolute atomic E-state index is 0.146. The highest BCUT2D eigenvalue weighted by Gasteiger charge is 2.32. The van der Waals surface area contributed by atoms with E-state index in [0.29, 0.717) is 18.7 Å². The summed E-state index contributed by atoms with van der Waals surface area (Å²) in [5.74, 6) is -0.482. The highest BCUT2D eigenvalue weighted by Crippen LogP contribution is 2.35. The maximum absolute atomic E-state index is 12.5. The van der Waals surface area contributed by atoms with Gasteiger partial charge in [-0.05, 0) is 38.2 Å². The van der Waals surface area contributed by atoms with Gasteiger partial charge in [0.25, 0.3) is 0 Å². The first kappa shape index (κ1) is 15.7. The highest BCUT2D eigenvalue weighted by atomic mass is 19.4. The van der Waals surface area contributed by atoms with E-state index in [-0.39, 0.29) is 12.0 Å². The fourth-order valence-electron chi connectivity index (χ4n) is 1.63. The summed E-state index contributed by atoms with van der Waals surface area (Å²) < 4.78 is 37.6. The zero-order valence-corrected chi connectivity index (χ0v) is 10.3. The van der Waals surface area contributed by atoms with Crippen LogP contribution in [0.2, 0.25) is 0 Å². The lowest BCUT2D eigenvalue weighted by molar-refractivity contribution is -0.137. The molecular weight excluding hydrogens is 263 g/mol. The molecule has 1 aromatic rings. The van der Waals surface area contributed by atoms with Crippen LogP contribution >= 0.6 is 0 Å². The summed E-state index contributed by atoms with van der Waals surface area (Å²) in [6.45, 7) is 0.387. The number of hydrogen-bond donors (Lipinski definition) is 4. The fraction of sp³-hybridized carbons (Fsp3) is 0.500. The predicted molar refractivity (Wildman–Crippen MR) is 62.6 cm³/mol. The molecular formula is C12H16F3NO3. The van der Waals surface area contributed by atoms with Crippen LogP contribution < -0.4 is 5.32 Å². The highest BCUT2D eigenvalue weighted by molar-refractivity contribution is 5.39. The van der Waals surface area contributed by atoms with Crippen LogP contribution in [0.15, 0.2) is 18.2 Å². The number of benzene rings is 1. The van der Waals surface area contributed by atoms with E-state index in [4.69, 9.17) is 0 Å². The van der Waals surface area contributed by atoms with Crippen LogP contribution in [0.3, 0.4) is 0 Å². The summed E-state index contributed by atoms with van der Waals surface area (Å²) >= 11 is 0. The molecule has 0 saturated heterocycles. The summed E-state index contributed by atoms with van der Waals surface area (Å²) in [6.07, 6.45) is -7.26. The van der Waals surface area contributed by atoms with Crippen LogP contribution in [0, 0.1) is 0 Å². The van der Waals surface area contributed by atoms with Gasteiger partial charge in [0, 0.05) is 5.56 Å². The van der Waals surface area contributed by atoms with Crippen molar-refractivity contribution in [2.75, 3.05) is 13.6 Å². The lowest BCUT2D eigenvalue weighted by Crippen LogP contribution is -2.23. The summed E-state index contributed by atoms with van der Waals surface area (Å²) in [4.78, 5) is 0. The molecule has 0 bridgehead atoms. The Labute approximate surface area is 108 Å². The molecule has 2 atom stereocenters. The molecule has 0 saturated carbocycles. The van der Waals surface area contributed by atoms with Crippen molar-refractivity contribution in [2.45, 2.75) is 24.8 Å². The molecule has 7 heteroatoms. The first-order valence-electron chi connectivity index (χ1n) is 5.68. The van der Waals surface area contributed by atoms with Gasteiger partial charge in [-0.2, -0.15) is 13.2 Å². The largest absolute Gasteiger partial charge is 0.508 e. The molecule has 0 fully saturated rings. The second kappa shape index (κ2) is 6.23. The van der Waals surface area contributed by atoms with Crippen LogP contribution in [-0.4, -0.2) is 35.0 Å². The molecule has 0 spiro atoms. The molecule has 2 unspecified atom stereocenters. The minimum atomic E-state index is -4.57. The van der Waals surface area contributed by atoms with Crippen molar-refractivity contribution in [3.05, 3.63) is 29.3 Å². The lowest BCUT2D eigenvalue weighted by Gasteiger charge is -2.20. The Kier molecular flexibility index (Phi) is 5.16. The van der Waals surface area contributed by atoms with Crippen LogP contribution in [0.1, 0.15) is 23.7 Å². The summed E-state index contributed by atoms with van der Waals surface area (Å²) in [7, 11) is 1.64. The number of rotatable bonds is 5. The van der Waals surface area contributed by atoms with E-state index < -0.39 is 29.7 Å². The van der Waals surface area contributed by atoms with E-state index in [1.54, 1.807) is 7.05 Å². The van der Waals surface area contributed by atoms with Crippen LogP contribution in [-0.2, 0) is 6.18 Å². The van der Waals surface area contributed by atoms with Crippen molar-refractivity contribution in [2.24, 2.45) is 0 Å². The summed E-state index contributed by atoms with van der Waals surface area (Å²) in [6, 6.07) is 2.21. The van der Waals surface area contributed by atoms with E-state index in [9.17, 15) is 28.5 Å². The first-order chi connectivity index (χ1) is 8.77. The monoisotopic (exact) mass is 279 g/mol. The molecule has 19 heavy (non-hydrogen) atoms. The number of phenols is 1. The molecule has 0 aliphatic carbocycles. The number of nitrogens with one attached hydrogen (secondary N) is 1.